The maximum absolute atomic E-state index is 8.96. The van der Waals surface area contributed by atoms with E-state index >= 15 is 0 Å². The highest BCUT2D eigenvalue weighted by molar-refractivity contribution is 5.53. The summed E-state index contributed by atoms with van der Waals surface area (Å²) in [5.41, 5.74) is 7.14. The molecular formula is C10H16N4. The average molecular weight is 192 g/mol. The molecule has 0 bridgehead atoms. The fourth-order valence-electron chi connectivity index (χ4n) is 1.38. The molecule has 0 spiro atoms. The lowest BCUT2D eigenvalue weighted by atomic mass is 10.1. The lowest BCUT2D eigenvalue weighted by Crippen LogP contribution is -2.07. The molecule has 0 unspecified atom stereocenters. The first-order chi connectivity index (χ1) is 6.49. The summed E-state index contributed by atoms with van der Waals surface area (Å²) in [5.74, 6) is 0.707. The largest absolute Gasteiger partial charge is 0.383 e. The summed E-state index contributed by atoms with van der Waals surface area (Å²) in [6.07, 6.45) is 0. The van der Waals surface area contributed by atoms with Crippen LogP contribution < -0.4 is 5.73 Å². The van der Waals surface area contributed by atoms with Crippen molar-refractivity contribution in [2.45, 2.75) is 39.7 Å². The number of nitrogens with zero attached hydrogens (tertiary/aromatic N) is 3. The van der Waals surface area contributed by atoms with Gasteiger partial charge in [-0.2, -0.15) is 10.4 Å². The Labute approximate surface area is 84.3 Å². The van der Waals surface area contributed by atoms with Gasteiger partial charge in [0.25, 0.3) is 0 Å². The third-order valence-corrected chi connectivity index (χ3v) is 2.12. The third-order valence-electron chi connectivity index (χ3n) is 2.12. The van der Waals surface area contributed by atoms with Crippen molar-refractivity contribution in [3.63, 3.8) is 0 Å². The van der Waals surface area contributed by atoms with Crippen molar-refractivity contribution in [3.05, 3.63) is 11.3 Å². The van der Waals surface area contributed by atoms with Crippen LogP contribution in [0.15, 0.2) is 0 Å². The molecule has 0 saturated carbocycles. The van der Waals surface area contributed by atoms with Crippen LogP contribution in [-0.4, -0.2) is 9.78 Å². The Morgan fingerprint density at radius 2 is 1.93 bits per heavy atom. The van der Waals surface area contributed by atoms with Crippen LogP contribution >= 0.6 is 0 Å². The first kappa shape index (κ1) is 10.6. The van der Waals surface area contributed by atoms with Crippen LogP contribution in [0.3, 0.4) is 0 Å². The van der Waals surface area contributed by atoms with Gasteiger partial charge in [0, 0.05) is 6.04 Å². The second kappa shape index (κ2) is 3.70. The smallest absolute Gasteiger partial charge is 0.140 e. The van der Waals surface area contributed by atoms with Crippen molar-refractivity contribution in [2.24, 2.45) is 0 Å². The minimum absolute atomic E-state index is 0.189. The van der Waals surface area contributed by atoms with E-state index in [1.807, 2.05) is 27.7 Å². The van der Waals surface area contributed by atoms with Gasteiger partial charge in [-0.3, -0.25) is 0 Å². The van der Waals surface area contributed by atoms with Crippen molar-refractivity contribution >= 4 is 5.82 Å². The Balaban J connectivity index is 3.34. The number of nitrogen functional groups attached to an aromatic ring is 1. The molecule has 2 N–H and O–H groups in total. The number of nitrogens with two attached hydrogens (primary N) is 1. The predicted molar refractivity (Wildman–Crippen MR) is 55.8 cm³/mol. The maximum Gasteiger partial charge on any atom is 0.140 e. The van der Waals surface area contributed by atoms with Gasteiger partial charge in [0.1, 0.15) is 17.5 Å². The standard InChI is InChI=1S/C10H16N4/c1-6(2)9-8(5-11)10(12)14(13-9)7(3)4/h6-7H,12H2,1-4H3. The molecule has 0 aliphatic carbocycles. The zero-order valence-electron chi connectivity index (χ0n) is 9.07. The zero-order chi connectivity index (χ0) is 10.9. The molecule has 0 atom stereocenters. The number of hydrogen-bond donors (Lipinski definition) is 1. The Kier molecular flexibility index (Phi) is 2.80. The third kappa shape index (κ3) is 1.58. The van der Waals surface area contributed by atoms with E-state index in [1.165, 1.54) is 0 Å². The Bertz CT molecular complexity index is 368. The summed E-state index contributed by atoms with van der Waals surface area (Å²) in [6, 6.07) is 2.30. The highest BCUT2D eigenvalue weighted by Crippen LogP contribution is 2.25. The molecule has 1 aromatic heterocycles. The van der Waals surface area contributed by atoms with E-state index in [1.54, 1.807) is 4.68 Å². The van der Waals surface area contributed by atoms with Crippen molar-refractivity contribution in [1.82, 2.24) is 9.78 Å². The van der Waals surface area contributed by atoms with Crippen molar-refractivity contribution in [3.8, 4) is 6.07 Å². The van der Waals surface area contributed by atoms with Gasteiger partial charge < -0.3 is 5.73 Å². The van der Waals surface area contributed by atoms with Gasteiger partial charge in [0.05, 0.1) is 5.69 Å². The van der Waals surface area contributed by atoms with E-state index in [0.29, 0.717) is 11.4 Å². The van der Waals surface area contributed by atoms with Gasteiger partial charge in [-0.05, 0) is 19.8 Å². The highest BCUT2D eigenvalue weighted by Gasteiger charge is 2.18. The van der Waals surface area contributed by atoms with Crippen LogP contribution in [0, 0.1) is 11.3 Å². The SMILES string of the molecule is CC(C)c1nn(C(C)C)c(N)c1C#N. The number of nitriles is 1. The Morgan fingerprint density at radius 3 is 2.21 bits per heavy atom. The lowest BCUT2D eigenvalue weighted by Gasteiger charge is -2.06. The van der Waals surface area contributed by atoms with Gasteiger partial charge in [-0.25, -0.2) is 4.68 Å². The molecule has 0 amide bonds. The second-order valence-corrected chi connectivity index (χ2v) is 3.95. The molecule has 0 aliphatic heterocycles. The fourth-order valence-corrected chi connectivity index (χ4v) is 1.38. The fraction of sp³-hybridized carbons (Fsp3) is 0.600. The summed E-state index contributed by atoms with van der Waals surface area (Å²) < 4.78 is 1.70. The van der Waals surface area contributed by atoms with E-state index < -0.39 is 0 Å². The molecule has 1 heterocycles. The molecule has 4 heteroatoms. The van der Waals surface area contributed by atoms with Crippen molar-refractivity contribution < 1.29 is 0 Å². The molecule has 14 heavy (non-hydrogen) atoms. The van der Waals surface area contributed by atoms with Gasteiger partial charge in [0.15, 0.2) is 0 Å². The Hall–Kier alpha value is -1.50. The summed E-state index contributed by atoms with van der Waals surface area (Å²) in [4.78, 5) is 0. The minimum atomic E-state index is 0.189. The topological polar surface area (TPSA) is 67.6 Å². The van der Waals surface area contributed by atoms with E-state index in [9.17, 15) is 0 Å². The summed E-state index contributed by atoms with van der Waals surface area (Å²) in [6.45, 7) is 8.00. The van der Waals surface area contributed by atoms with E-state index in [-0.39, 0.29) is 12.0 Å². The predicted octanol–water partition coefficient (Wildman–Crippen LogP) is 2.04. The summed E-state index contributed by atoms with van der Waals surface area (Å²) in [7, 11) is 0. The quantitative estimate of drug-likeness (QED) is 0.779. The molecule has 1 rings (SSSR count). The molecule has 0 aliphatic rings. The molecule has 0 saturated heterocycles. The average Bonchev–Trinajstić information content (AvgIpc) is 2.42. The molecule has 0 aromatic carbocycles. The van der Waals surface area contributed by atoms with Gasteiger partial charge in [-0.1, -0.05) is 13.8 Å². The monoisotopic (exact) mass is 192 g/mol. The number of anilines is 1. The first-order valence-electron chi connectivity index (χ1n) is 4.77. The second-order valence-electron chi connectivity index (χ2n) is 3.95. The van der Waals surface area contributed by atoms with Gasteiger partial charge in [-0.15, -0.1) is 0 Å². The van der Waals surface area contributed by atoms with E-state index in [4.69, 9.17) is 11.0 Å². The zero-order valence-corrected chi connectivity index (χ0v) is 9.07. The van der Waals surface area contributed by atoms with Crippen LogP contribution in [0.2, 0.25) is 0 Å². The summed E-state index contributed by atoms with van der Waals surface area (Å²) >= 11 is 0. The lowest BCUT2D eigenvalue weighted by molar-refractivity contribution is 0.530. The van der Waals surface area contributed by atoms with E-state index in [2.05, 4.69) is 11.2 Å². The van der Waals surface area contributed by atoms with Crippen LogP contribution in [0.25, 0.3) is 0 Å². The molecular weight excluding hydrogens is 176 g/mol. The molecule has 1 aromatic rings. The maximum atomic E-state index is 8.96. The van der Waals surface area contributed by atoms with E-state index in [0.717, 1.165) is 5.69 Å². The van der Waals surface area contributed by atoms with Crippen molar-refractivity contribution in [2.75, 3.05) is 5.73 Å². The van der Waals surface area contributed by atoms with Crippen LogP contribution in [0.4, 0.5) is 5.82 Å². The number of rotatable bonds is 2. The molecule has 0 fully saturated rings. The highest BCUT2D eigenvalue weighted by atomic mass is 15.3. The molecule has 0 radical (unpaired) electrons. The van der Waals surface area contributed by atoms with Gasteiger partial charge in [0.2, 0.25) is 0 Å². The van der Waals surface area contributed by atoms with Crippen LogP contribution in [0.5, 0.6) is 0 Å². The number of aromatic nitrogens is 2. The van der Waals surface area contributed by atoms with Gasteiger partial charge >= 0.3 is 0 Å². The number of hydrogen-bond acceptors (Lipinski definition) is 3. The Morgan fingerprint density at radius 1 is 1.36 bits per heavy atom. The molecule has 76 valence electrons. The summed E-state index contributed by atoms with van der Waals surface area (Å²) in [5, 5.41) is 13.3. The van der Waals surface area contributed by atoms with Crippen LogP contribution in [-0.2, 0) is 0 Å². The normalized spacial score (nSPS) is 10.9. The molecule has 4 nitrogen and oxygen atoms in total. The van der Waals surface area contributed by atoms with Crippen molar-refractivity contribution in [1.29, 1.82) is 5.26 Å². The minimum Gasteiger partial charge on any atom is -0.383 e. The van der Waals surface area contributed by atoms with Crippen LogP contribution in [0.1, 0.15) is 50.9 Å². The first-order valence-corrected chi connectivity index (χ1v) is 4.77.